The lowest BCUT2D eigenvalue weighted by Gasteiger charge is -2.04. The number of H-pyrrole nitrogens is 2. The fourth-order valence-corrected chi connectivity index (χ4v) is 1.92. The molecule has 20 heavy (non-hydrogen) atoms. The summed E-state index contributed by atoms with van der Waals surface area (Å²) in [5, 5.41) is 3.78. The molecule has 0 spiro atoms. The van der Waals surface area contributed by atoms with Crippen molar-refractivity contribution in [2.45, 2.75) is 6.18 Å². The topological polar surface area (TPSA) is 73.9 Å². The fourth-order valence-electron chi connectivity index (χ4n) is 1.92. The number of hydrogen-bond acceptors (Lipinski definition) is 3. The smallest absolute Gasteiger partial charge is 0.293 e. The zero-order valence-electron chi connectivity index (χ0n) is 9.82. The highest BCUT2D eigenvalue weighted by molar-refractivity contribution is 6.20. The van der Waals surface area contributed by atoms with Gasteiger partial charge in [0.1, 0.15) is 5.69 Å². The van der Waals surface area contributed by atoms with E-state index < -0.39 is 23.0 Å². The molecule has 8 heteroatoms. The zero-order valence-corrected chi connectivity index (χ0v) is 9.82. The van der Waals surface area contributed by atoms with Gasteiger partial charge in [0.05, 0.1) is 5.56 Å². The van der Waals surface area contributed by atoms with Crippen molar-refractivity contribution in [3.63, 3.8) is 0 Å². The van der Waals surface area contributed by atoms with Crippen molar-refractivity contribution in [3.8, 4) is 0 Å². The van der Waals surface area contributed by atoms with Crippen LogP contribution >= 0.6 is 0 Å². The third-order valence-electron chi connectivity index (χ3n) is 2.82. The van der Waals surface area contributed by atoms with Gasteiger partial charge in [0, 0.05) is 23.5 Å². The number of nitrogens with one attached hydrogen (secondary N) is 2. The largest absolute Gasteiger partial charge is 0.433 e. The van der Waals surface area contributed by atoms with E-state index in [2.05, 4.69) is 9.98 Å². The molecule has 0 fully saturated rings. The standard InChI is InChI=1S/C12H7F3N4O/c13-12(14,15)9-8(11(20)19-18-9)4-6-5-17-10-7(6)2-1-3-16-10/h1-5H,(H2,18,19,20). The summed E-state index contributed by atoms with van der Waals surface area (Å²) in [7, 11) is 0. The molecule has 2 aromatic rings. The fraction of sp³-hybridized carbons (Fsp3) is 0.0833. The van der Waals surface area contributed by atoms with Crippen molar-refractivity contribution in [3.05, 3.63) is 45.5 Å². The van der Waals surface area contributed by atoms with Gasteiger partial charge in [-0.3, -0.25) is 15.0 Å². The molecular formula is C12H7F3N4O. The van der Waals surface area contributed by atoms with Crippen LogP contribution in [0.1, 0.15) is 16.8 Å². The third-order valence-corrected chi connectivity index (χ3v) is 2.82. The monoisotopic (exact) mass is 280 g/mol. The summed E-state index contributed by atoms with van der Waals surface area (Å²) < 4.78 is 38.3. The van der Waals surface area contributed by atoms with Crippen LogP contribution in [0.2, 0.25) is 0 Å². The normalized spacial score (nSPS) is 15.8. The molecule has 3 rings (SSSR count). The van der Waals surface area contributed by atoms with Gasteiger partial charge < -0.3 is 0 Å². The second-order valence-corrected chi connectivity index (χ2v) is 4.10. The van der Waals surface area contributed by atoms with E-state index in [1.165, 1.54) is 12.4 Å². The van der Waals surface area contributed by atoms with E-state index in [9.17, 15) is 18.0 Å². The number of allylic oxidation sites excluding steroid dienone is 1. The van der Waals surface area contributed by atoms with Crippen molar-refractivity contribution >= 4 is 23.7 Å². The summed E-state index contributed by atoms with van der Waals surface area (Å²) in [6, 6.07) is 3.32. The van der Waals surface area contributed by atoms with E-state index in [4.69, 9.17) is 0 Å². The Labute approximate surface area is 109 Å². The number of fused-ring (bicyclic) bond motifs is 1. The van der Waals surface area contributed by atoms with Crippen LogP contribution < -0.4 is 5.56 Å². The molecule has 0 atom stereocenters. The minimum absolute atomic E-state index is 0.406. The first kappa shape index (κ1) is 12.4. The highest BCUT2D eigenvalue weighted by Crippen LogP contribution is 2.33. The van der Waals surface area contributed by atoms with Gasteiger partial charge >= 0.3 is 6.18 Å². The average molecular weight is 280 g/mol. The number of aliphatic imine (C=N–C) groups is 1. The molecule has 0 radical (unpaired) electrons. The average Bonchev–Trinajstić information content (AvgIpc) is 2.95. The summed E-state index contributed by atoms with van der Waals surface area (Å²) in [6.45, 7) is 0. The number of alkyl halides is 3. The molecule has 2 N–H and O–H groups in total. The van der Waals surface area contributed by atoms with Gasteiger partial charge in [-0.2, -0.15) is 13.2 Å². The number of rotatable bonds is 1. The van der Waals surface area contributed by atoms with Gasteiger partial charge in [-0.1, -0.05) is 0 Å². The molecule has 0 amide bonds. The number of pyridine rings is 1. The van der Waals surface area contributed by atoms with Gasteiger partial charge in [0.15, 0.2) is 5.82 Å². The number of halogens is 3. The second kappa shape index (κ2) is 4.19. The van der Waals surface area contributed by atoms with E-state index in [-0.39, 0.29) is 0 Å². The molecule has 0 saturated heterocycles. The Morgan fingerprint density at radius 3 is 2.80 bits per heavy atom. The molecule has 5 nitrogen and oxygen atoms in total. The molecule has 0 unspecified atom stereocenters. The summed E-state index contributed by atoms with van der Waals surface area (Å²) in [5.41, 5.74) is -1.43. The molecule has 1 aliphatic heterocycles. The van der Waals surface area contributed by atoms with E-state index in [1.54, 1.807) is 12.1 Å². The van der Waals surface area contributed by atoms with Crippen LogP contribution in [-0.4, -0.2) is 21.4 Å². The van der Waals surface area contributed by atoms with Gasteiger partial charge in [-0.05, 0) is 18.2 Å². The Morgan fingerprint density at radius 2 is 2.05 bits per heavy atom. The molecule has 0 saturated carbocycles. The predicted octanol–water partition coefficient (Wildman–Crippen LogP) is 2.37. The minimum atomic E-state index is -4.64. The minimum Gasteiger partial charge on any atom is -0.293 e. The first-order valence-corrected chi connectivity index (χ1v) is 5.56. The number of aromatic nitrogens is 3. The number of nitrogens with zero attached hydrogens (tertiary/aromatic N) is 2. The Bertz CT molecular complexity index is 782. The van der Waals surface area contributed by atoms with E-state index in [0.29, 0.717) is 17.0 Å². The van der Waals surface area contributed by atoms with Crippen molar-refractivity contribution in [2.24, 2.45) is 4.99 Å². The molecule has 102 valence electrons. The van der Waals surface area contributed by atoms with Crippen LogP contribution in [0, 0.1) is 0 Å². The SMILES string of the molecule is O=c1[nH][nH]c(C(F)(F)F)c1C=C1C=Nc2ncccc21. The number of hydrogen-bond donors (Lipinski definition) is 2. The van der Waals surface area contributed by atoms with Crippen LogP contribution in [0.3, 0.4) is 0 Å². The highest BCUT2D eigenvalue weighted by atomic mass is 19.4. The maximum absolute atomic E-state index is 12.8. The van der Waals surface area contributed by atoms with Gasteiger partial charge in [-0.25, -0.2) is 9.98 Å². The quantitative estimate of drug-likeness (QED) is 0.841. The third kappa shape index (κ3) is 1.94. The van der Waals surface area contributed by atoms with E-state index in [0.717, 1.165) is 6.08 Å². The zero-order chi connectivity index (χ0) is 14.3. The Hall–Kier alpha value is -2.64. The van der Waals surface area contributed by atoms with Crippen LogP contribution in [-0.2, 0) is 6.18 Å². The first-order valence-electron chi connectivity index (χ1n) is 5.56. The van der Waals surface area contributed by atoms with Gasteiger partial charge in [-0.15, -0.1) is 0 Å². The Kier molecular flexibility index (Phi) is 2.60. The van der Waals surface area contributed by atoms with E-state index >= 15 is 0 Å². The van der Waals surface area contributed by atoms with Gasteiger partial charge in [0.25, 0.3) is 5.56 Å². The van der Waals surface area contributed by atoms with Crippen molar-refractivity contribution in [2.75, 3.05) is 0 Å². The summed E-state index contributed by atoms with van der Waals surface area (Å²) >= 11 is 0. The molecule has 0 aliphatic carbocycles. The maximum Gasteiger partial charge on any atom is 0.433 e. The molecular weight excluding hydrogens is 273 g/mol. The molecule has 3 heterocycles. The second-order valence-electron chi connectivity index (χ2n) is 4.10. The highest BCUT2D eigenvalue weighted by Gasteiger charge is 2.36. The van der Waals surface area contributed by atoms with Gasteiger partial charge in [0.2, 0.25) is 0 Å². The molecule has 0 aromatic carbocycles. The maximum atomic E-state index is 12.8. The summed E-state index contributed by atoms with van der Waals surface area (Å²) in [6.07, 6.45) is -0.581. The van der Waals surface area contributed by atoms with Crippen molar-refractivity contribution < 1.29 is 13.2 Å². The van der Waals surface area contributed by atoms with Crippen LogP contribution in [0.25, 0.3) is 11.6 Å². The van der Waals surface area contributed by atoms with Crippen LogP contribution in [0.4, 0.5) is 19.0 Å². The first-order chi connectivity index (χ1) is 9.47. The van der Waals surface area contributed by atoms with E-state index in [1.807, 2.05) is 10.2 Å². The van der Waals surface area contributed by atoms with Crippen molar-refractivity contribution in [1.82, 2.24) is 15.2 Å². The van der Waals surface area contributed by atoms with Crippen LogP contribution in [0.15, 0.2) is 28.1 Å². The lowest BCUT2D eigenvalue weighted by Crippen LogP contribution is -2.10. The molecule has 2 aromatic heterocycles. The molecule has 1 aliphatic rings. The summed E-state index contributed by atoms with van der Waals surface area (Å²) in [4.78, 5) is 19.4. The molecule has 0 bridgehead atoms. The summed E-state index contributed by atoms with van der Waals surface area (Å²) in [5.74, 6) is 0.416. The predicted molar refractivity (Wildman–Crippen MR) is 66.7 cm³/mol. The van der Waals surface area contributed by atoms with Crippen LogP contribution in [0.5, 0.6) is 0 Å². The Balaban J connectivity index is 2.14. The Morgan fingerprint density at radius 1 is 1.25 bits per heavy atom. The number of aromatic amines is 2. The lowest BCUT2D eigenvalue weighted by atomic mass is 10.1. The van der Waals surface area contributed by atoms with Crippen molar-refractivity contribution in [1.29, 1.82) is 0 Å². The lowest BCUT2D eigenvalue weighted by molar-refractivity contribution is -0.141.